The molecule has 12 nitrogen and oxygen atoms in total. The van der Waals surface area contributed by atoms with Gasteiger partial charge in [-0.25, -0.2) is 19.6 Å². The van der Waals surface area contributed by atoms with Gasteiger partial charge in [0, 0.05) is 13.1 Å². The lowest BCUT2D eigenvalue weighted by Crippen LogP contribution is -2.56. The van der Waals surface area contributed by atoms with Crippen LogP contribution < -0.4 is 15.4 Å². The second kappa shape index (κ2) is 10.4. The molecule has 1 aliphatic rings. The molecular formula is C20H33N7O5. The van der Waals surface area contributed by atoms with Crippen molar-refractivity contribution in [3.8, 4) is 6.01 Å². The molecule has 178 valence electrons. The van der Waals surface area contributed by atoms with Crippen LogP contribution in [0, 0.1) is 12.8 Å². The number of methoxy groups -OCH3 is 1. The van der Waals surface area contributed by atoms with Crippen molar-refractivity contribution >= 4 is 24.0 Å². The van der Waals surface area contributed by atoms with E-state index in [0.29, 0.717) is 31.8 Å². The lowest BCUT2D eigenvalue weighted by molar-refractivity contribution is -0.143. The number of amides is 4. The topological polar surface area (TPSA) is 139 Å². The first kappa shape index (κ1) is 25.1. The Labute approximate surface area is 188 Å². The van der Waals surface area contributed by atoms with Gasteiger partial charge < -0.3 is 14.8 Å². The Kier molecular flexibility index (Phi) is 8.17. The molecule has 12 heteroatoms. The van der Waals surface area contributed by atoms with E-state index in [0.717, 1.165) is 0 Å². The van der Waals surface area contributed by atoms with E-state index in [1.807, 2.05) is 13.8 Å². The predicted molar refractivity (Wildman–Crippen MR) is 116 cm³/mol. The Hall–Kier alpha value is -3.18. The number of rotatable bonds is 6. The average Bonchev–Trinajstić information content (AvgIpc) is 3.19. The number of nitrogens with one attached hydrogen (secondary N) is 2. The van der Waals surface area contributed by atoms with Gasteiger partial charge in [-0.15, -0.1) is 0 Å². The molecule has 2 N–H and O–H groups in total. The Balaban J connectivity index is 2.16. The minimum absolute atomic E-state index is 0.0176. The fourth-order valence-electron chi connectivity index (χ4n) is 3.09. The summed E-state index contributed by atoms with van der Waals surface area (Å²) >= 11 is 0. The number of carbonyl (C=O) groups excluding carboxylic acids is 3. The van der Waals surface area contributed by atoms with Crippen LogP contribution in [0.4, 0.5) is 15.5 Å². The summed E-state index contributed by atoms with van der Waals surface area (Å²) in [4.78, 5) is 50.6. The van der Waals surface area contributed by atoms with Crippen LogP contribution >= 0.6 is 0 Å². The van der Waals surface area contributed by atoms with Crippen LogP contribution in [0.5, 0.6) is 6.01 Å². The summed E-state index contributed by atoms with van der Waals surface area (Å²) < 4.78 is 10.3. The second-order valence-corrected chi connectivity index (χ2v) is 8.57. The van der Waals surface area contributed by atoms with Crippen LogP contribution in [-0.4, -0.2) is 74.8 Å². The SMILES string of the molecule is CCC(C)C(NC(=O)OC(C)(C)C)C(=O)N1CCCN1C(=O)Nc1nc(C)nc(OC)n1. The highest BCUT2D eigenvalue weighted by Gasteiger charge is 2.38. The molecule has 2 rings (SSSR count). The molecule has 0 aromatic carbocycles. The van der Waals surface area contributed by atoms with Crippen LogP contribution in [0.2, 0.25) is 0 Å². The number of ether oxygens (including phenoxy) is 2. The van der Waals surface area contributed by atoms with Crippen molar-refractivity contribution in [2.24, 2.45) is 5.92 Å². The van der Waals surface area contributed by atoms with Gasteiger partial charge in [0.1, 0.15) is 17.5 Å². The van der Waals surface area contributed by atoms with E-state index in [4.69, 9.17) is 9.47 Å². The highest BCUT2D eigenvalue weighted by molar-refractivity contribution is 5.92. The van der Waals surface area contributed by atoms with Gasteiger partial charge in [-0.1, -0.05) is 20.3 Å². The first-order chi connectivity index (χ1) is 14.9. The molecule has 0 bridgehead atoms. The number of anilines is 1. The van der Waals surface area contributed by atoms with Gasteiger partial charge in [0.2, 0.25) is 5.95 Å². The van der Waals surface area contributed by atoms with E-state index in [9.17, 15) is 14.4 Å². The van der Waals surface area contributed by atoms with E-state index < -0.39 is 23.8 Å². The number of hydrogen-bond donors (Lipinski definition) is 2. The molecule has 1 aliphatic heterocycles. The third-order valence-electron chi connectivity index (χ3n) is 4.80. The van der Waals surface area contributed by atoms with E-state index >= 15 is 0 Å². The van der Waals surface area contributed by atoms with E-state index in [2.05, 4.69) is 25.6 Å². The van der Waals surface area contributed by atoms with Gasteiger partial charge in [0.15, 0.2) is 0 Å². The Morgan fingerprint density at radius 1 is 1.12 bits per heavy atom. The highest BCUT2D eigenvalue weighted by Crippen LogP contribution is 2.19. The van der Waals surface area contributed by atoms with Gasteiger partial charge in [-0.2, -0.15) is 15.0 Å². The maximum Gasteiger partial charge on any atom is 0.408 e. The number of alkyl carbamates (subject to hydrolysis) is 1. The monoisotopic (exact) mass is 451 g/mol. The summed E-state index contributed by atoms with van der Waals surface area (Å²) in [7, 11) is 1.41. The Morgan fingerprint density at radius 3 is 2.38 bits per heavy atom. The summed E-state index contributed by atoms with van der Waals surface area (Å²) in [6.45, 7) is 11.3. The molecule has 2 unspecified atom stereocenters. The highest BCUT2D eigenvalue weighted by atomic mass is 16.6. The minimum Gasteiger partial charge on any atom is -0.467 e. The number of aryl methyl sites for hydroxylation is 1. The fraction of sp³-hybridized carbons (Fsp3) is 0.700. The van der Waals surface area contributed by atoms with Crippen LogP contribution in [0.3, 0.4) is 0 Å². The van der Waals surface area contributed by atoms with Crippen molar-refractivity contribution in [1.82, 2.24) is 30.3 Å². The molecule has 1 saturated heterocycles. The van der Waals surface area contributed by atoms with Gasteiger partial charge in [-0.3, -0.25) is 10.1 Å². The van der Waals surface area contributed by atoms with Crippen molar-refractivity contribution in [1.29, 1.82) is 0 Å². The normalized spacial score (nSPS) is 15.7. The van der Waals surface area contributed by atoms with Crippen molar-refractivity contribution in [2.75, 3.05) is 25.5 Å². The average molecular weight is 452 g/mol. The Bertz CT molecular complexity index is 842. The molecule has 32 heavy (non-hydrogen) atoms. The summed E-state index contributed by atoms with van der Waals surface area (Å²) in [5.41, 5.74) is -0.698. The summed E-state index contributed by atoms with van der Waals surface area (Å²) in [5.74, 6) is -0.165. The predicted octanol–water partition coefficient (Wildman–Crippen LogP) is 2.11. The van der Waals surface area contributed by atoms with E-state index in [1.165, 1.54) is 17.1 Å². The smallest absolute Gasteiger partial charge is 0.408 e. The van der Waals surface area contributed by atoms with Gasteiger partial charge in [-0.05, 0) is 40.0 Å². The molecule has 2 atom stereocenters. The molecule has 0 spiro atoms. The molecule has 0 aliphatic carbocycles. The van der Waals surface area contributed by atoms with Crippen molar-refractivity contribution in [3.05, 3.63) is 5.82 Å². The summed E-state index contributed by atoms with van der Waals surface area (Å²) in [5, 5.41) is 7.88. The van der Waals surface area contributed by atoms with E-state index in [1.54, 1.807) is 27.7 Å². The lowest BCUT2D eigenvalue weighted by atomic mass is 9.98. The largest absolute Gasteiger partial charge is 0.467 e. The molecule has 2 heterocycles. The maximum atomic E-state index is 13.3. The molecule has 1 aromatic rings. The zero-order chi connectivity index (χ0) is 24.1. The van der Waals surface area contributed by atoms with Crippen LogP contribution in [0.15, 0.2) is 0 Å². The number of aromatic nitrogens is 3. The molecule has 1 aromatic heterocycles. The summed E-state index contributed by atoms with van der Waals surface area (Å²) in [6, 6.07) is -1.34. The number of hydrazine groups is 1. The molecule has 0 saturated carbocycles. The molecular weight excluding hydrogens is 418 g/mol. The number of urea groups is 1. The standard InChI is InChI=1S/C20H33N7O5/c1-8-12(2)14(23-19(30)32-20(4,5)6)15(28)26-10-9-11-27(26)18(29)25-16-21-13(3)22-17(24-16)31-7/h12,14H,8-11H2,1-7H3,(H,23,30)(H,21,22,24,25,29). The van der Waals surface area contributed by atoms with Crippen molar-refractivity contribution in [2.45, 2.75) is 66.0 Å². The summed E-state index contributed by atoms with van der Waals surface area (Å²) in [6.07, 6.45) is 0.563. The van der Waals surface area contributed by atoms with Crippen LogP contribution in [0.25, 0.3) is 0 Å². The zero-order valence-corrected chi connectivity index (χ0v) is 19.8. The number of nitrogens with zero attached hydrogens (tertiary/aromatic N) is 5. The third-order valence-corrected chi connectivity index (χ3v) is 4.80. The quantitative estimate of drug-likeness (QED) is 0.670. The third kappa shape index (κ3) is 6.66. The number of hydrogen-bond acceptors (Lipinski definition) is 8. The minimum atomic E-state index is -0.845. The van der Waals surface area contributed by atoms with Crippen LogP contribution in [-0.2, 0) is 9.53 Å². The van der Waals surface area contributed by atoms with Gasteiger partial charge in [0.05, 0.1) is 7.11 Å². The zero-order valence-electron chi connectivity index (χ0n) is 19.8. The van der Waals surface area contributed by atoms with Gasteiger partial charge >= 0.3 is 18.1 Å². The fourth-order valence-corrected chi connectivity index (χ4v) is 3.09. The second-order valence-electron chi connectivity index (χ2n) is 8.57. The van der Waals surface area contributed by atoms with E-state index in [-0.39, 0.29) is 23.8 Å². The maximum absolute atomic E-state index is 13.3. The lowest BCUT2D eigenvalue weighted by Gasteiger charge is -2.33. The van der Waals surface area contributed by atoms with Crippen molar-refractivity contribution < 1.29 is 23.9 Å². The molecule has 4 amide bonds. The molecule has 0 radical (unpaired) electrons. The Morgan fingerprint density at radius 2 is 1.78 bits per heavy atom. The number of carbonyl (C=O) groups is 3. The van der Waals surface area contributed by atoms with Crippen molar-refractivity contribution in [3.63, 3.8) is 0 Å². The van der Waals surface area contributed by atoms with Gasteiger partial charge in [0.25, 0.3) is 5.91 Å². The first-order valence-electron chi connectivity index (χ1n) is 10.6. The first-order valence-corrected chi connectivity index (χ1v) is 10.6. The molecule has 1 fully saturated rings. The van der Waals surface area contributed by atoms with Crippen LogP contribution in [0.1, 0.15) is 53.3 Å².